The van der Waals surface area contributed by atoms with Gasteiger partial charge in [0.05, 0.1) is 36.5 Å². The zero-order valence-corrected chi connectivity index (χ0v) is 25.8. The second-order valence-corrected chi connectivity index (χ2v) is 11.3. The van der Waals surface area contributed by atoms with Gasteiger partial charge in [0.2, 0.25) is 0 Å². The van der Waals surface area contributed by atoms with Gasteiger partial charge in [-0.25, -0.2) is 9.79 Å². The molecule has 1 aliphatic rings. The van der Waals surface area contributed by atoms with E-state index < -0.39 is 12.0 Å². The molecular weight excluding hydrogens is 550 g/mol. The average Bonchev–Trinajstić information content (AvgIpc) is 3.42. The van der Waals surface area contributed by atoms with Crippen LogP contribution in [-0.2, 0) is 9.53 Å². The molecule has 4 aromatic rings. The molecule has 0 spiro atoms. The minimum Gasteiger partial charge on any atom is -0.490 e. The summed E-state index contributed by atoms with van der Waals surface area (Å²) in [5, 5.41) is 0. The Morgan fingerprint density at radius 2 is 1.67 bits per heavy atom. The fourth-order valence-corrected chi connectivity index (χ4v) is 6.50. The van der Waals surface area contributed by atoms with Crippen molar-refractivity contribution < 1.29 is 19.0 Å². The zero-order valence-electron chi connectivity index (χ0n) is 25.0. The van der Waals surface area contributed by atoms with E-state index in [-0.39, 0.29) is 11.1 Å². The van der Waals surface area contributed by atoms with Gasteiger partial charge in [-0.3, -0.25) is 9.36 Å². The topological polar surface area (TPSA) is 84.0 Å². The highest BCUT2D eigenvalue weighted by Crippen LogP contribution is 2.35. The minimum absolute atomic E-state index is 0.235. The van der Waals surface area contributed by atoms with Crippen LogP contribution in [0.15, 0.2) is 64.0 Å². The van der Waals surface area contributed by atoms with Crippen LogP contribution in [0.4, 0.5) is 0 Å². The van der Waals surface area contributed by atoms with Crippen molar-refractivity contribution in [2.45, 2.75) is 47.6 Å². The second-order valence-electron chi connectivity index (χ2n) is 10.3. The number of methoxy groups -OCH3 is 1. The number of esters is 1. The van der Waals surface area contributed by atoms with Crippen molar-refractivity contribution in [1.82, 2.24) is 9.13 Å². The monoisotopic (exact) mass is 585 g/mol. The van der Waals surface area contributed by atoms with Crippen LogP contribution in [0.5, 0.6) is 11.5 Å². The van der Waals surface area contributed by atoms with E-state index in [0.29, 0.717) is 39.6 Å². The first kappa shape index (κ1) is 29.1. The number of aryl methyl sites for hydroxylation is 3. The number of ether oxygens (including phenoxy) is 3. The van der Waals surface area contributed by atoms with Gasteiger partial charge in [0.1, 0.15) is 0 Å². The molecule has 2 aromatic carbocycles. The van der Waals surface area contributed by atoms with E-state index in [1.165, 1.54) is 35.8 Å². The maximum absolute atomic E-state index is 14.0. The van der Waals surface area contributed by atoms with Crippen molar-refractivity contribution in [3.63, 3.8) is 0 Å². The summed E-state index contributed by atoms with van der Waals surface area (Å²) in [6.07, 6.45) is 3.41. The first-order valence-corrected chi connectivity index (χ1v) is 14.7. The van der Waals surface area contributed by atoms with Crippen molar-refractivity contribution in [2.75, 3.05) is 20.3 Å². The Hall–Kier alpha value is -4.37. The largest absolute Gasteiger partial charge is 0.490 e. The molecule has 1 atom stereocenters. The quantitative estimate of drug-likeness (QED) is 0.277. The van der Waals surface area contributed by atoms with Crippen LogP contribution in [0.25, 0.3) is 11.8 Å². The molecule has 0 saturated carbocycles. The Bertz CT molecular complexity index is 1870. The third-order valence-corrected chi connectivity index (χ3v) is 8.23. The molecule has 8 nitrogen and oxygen atoms in total. The number of thiazole rings is 1. The van der Waals surface area contributed by atoms with E-state index in [4.69, 9.17) is 14.2 Å². The smallest absolute Gasteiger partial charge is 0.337 e. The van der Waals surface area contributed by atoms with Gasteiger partial charge in [-0.15, -0.1) is 0 Å². The Balaban J connectivity index is 1.66. The summed E-state index contributed by atoms with van der Waals surface area (Å²) in [4.78, 5) is 31.9. The SMILES string of the molecule is CCOc1ccc([C@H]2C(C(=O)OC)=CN=c3s/c(=C\c4cc(C)n(-c5cc(C)cc(C)c5)c4C)c(=O)n32)cc1OCC. The van der Waals surface area contributed by atoms with Crippen molar-refractivity contribution in [1.29, 1.82) is 0 Å². The van der Waals surface area contributed by atoms with E-state index in [9.17, 15) is 9.59 Å². The van der Waals surface area contributed by atoms with Crippen molar-refractivity contribution in [3.8, 4) is 17.2 Å². The summed E-state index contributed by atoms with van der Waals surface area (Å²) >= 11 is 1.29. The van der Waals surface area contributed by atoms with Crippen molar-refractivity contribution in [2.24, 2.45) is 4.99 Å². The molecule has 1 aliphatic heterocycles. The summed E-state index contributed by atoms with van der Waals surface area (Å²) in [5.74, 6) is 0.583. The van der Waals surface area contributed by atoms with Gasteiger partial charge in [-0.1, -0.05) is 23.5 Å². The molecule has 0 unspecified atom stereocenters. The van der Waals surface area contributed by atoms with Crippen LogP contribution in [-0.4, -0.2) is 35.4 Å². The molecular formula is C33H35N3O5S. The molecule has 0 N–H and O–H groups in total. The summed E-state index contributed by atoms with van der Waals surface area (Å²) in [6, 6.07) is 13.3. The fourth-order valence-electron chi connectivity index (χ4n) is 5.54. The maximum Gasteiger partial charge on any atom is 0.337 e. The van der Waals surface area contributed by atoms with Crippen LogP contribution < -0.4 is 24.4 Å². The van der Waals surface area contributed by atoms with Gasteiger partial charge in [0, 0.05) is 23.3 Å². The second kappa shape index (κ2) is 11.9. The van der Waals surface area contributed by atoms with Gasteiger partial charge in [-0.2, -0.15) is 0 Å². The molecule has 0 aliphatic carbocycles. The highest BCUT2D eigenvalue weighted by atomic mass is 32.1. The van der Waals surface area contributed by atoms with Crippen LogP contribution >= 0.6 is 11.3 Å². The lowest BCUT2D eigenvalue weighted by atomic mass is 9.97. The predicted octanol–water partition coefficient (Wildman–Crippen LogP) is 4.84. The lowest BCUT2D eigenvalue weighted by molar-refractivity contribution is -0.136. The number of carbonyl (C=O) groups is 1. The van der Waals surface area contributed by atoms with E-state index in [1.54, 1.807) is 10.6 Å². The van der Waals surface area contributed by atoms with Crippen molar-refractivity contribution in [3.05, 3.63) is 108 Å². The summed E-state index contributed by atoms with van der Waals surface area (Å²) in [5.41, 5.74) is 7.23. The Labute approximate surface area is 248 Å². The summed E-state index contributed by atoms with van der Waals surface area (Å²) < 4.78 is 21.0. The fraction of sp³-hybridized carbons (Fsp3) is 0.303. The summed E-state index contributed by atoms with van der Waals surface area (Å²) in [6.45, 7) is 13.0. The first-order valence-electron chi connectivity index (χ1n) is 13.9. The molecule has 0 radical (unpaired) electrons. The average molecular weight is 586 g/mol. The van der Waals surface area contributed by atoms with E-state index in [2.05, 4.69) is 61.5 Å². The standard InChI is InChI=1S/C33H35N3O5S/c1-8-40-27-11-10-23(16-28(27)41-9-2)30-26(32(38)39-7)18-34-33-36(30)31(37)29(42-33)17-24-15-21(5)35(22(24)6)25-13-19(3)12-20(4)14-25/h10-18,30H,8-9H2,1-7H3/b29-17-/t30-/m0/s1. The predicted molar refractivity (Wildman–Crippen MR) is 165 cm³/mol. The lowest BCUT2D eigenvalue weighted by Crippen LogP contribution is -2.39. The molecule has 2 aromatic heterocycles. The van der Waals surface area contributed by atoms with Crippen LogP contribution in [0.2, 0.25) is 0 Å². The van der Waals surface area contributed by atoms with Crippen molar-refractivity contribution >= 4 is 23.4 Å². The third-order valence-electron chi connectivity index (χ3n) is 7.23. The number of hydrogen-bond donors (Lipinski definition) is 0. The number of rotatable bonds is 8. The number of aromatic nitrogens is 2. The molecule has 5 rings (SSSR count). The molecule has 9 heteroatoms. The van der Waals surface area contributed by atoms with Gasteiger partial charge in [0.25, 0.3) is 5.56 Å². The number of carbonyl (C=O) groups excluding carboxylic acids is 1. The van der Waals surface area contributed by atoms with Crippen LogP contribution in [0.3, 0.4) is 0 Å². The van der Waals surface area contributed by atoms with Crippen LogP contribution in [0.1, 0.15) is 53.5 Å². The Morgan fingerprint density at radius 3 is 2.33 bits per heavy atom. The van der Waals surface area contributed by atoms with Gasteiger partial charge in [0.15, 0.2) is 16.3 Å². The number of hydrogen-bond acceptors (Lipinski definition) is 7. The molecule has 0 amide bonds. The van der Waals surface area contributed by atoms with Gasteiger partial charge >= 0.3 is 5.97 Å². The van der Waals surface area contributed by atoms with E-state index >= 15 is 0 Å². The molecule has 3 heterocycles. The van der Waals surface area contributed by atoms with Crippen LogP contribution in [0, 0.1) is 27.7 Å². The number of benzene rings is 2. The molecule has 42 heavy (non-hydrogen) atoms. The minimum atomic E-state index is -0.742. The highest BCUT2D eigenvalue weighted by Gasteiger charge is 2.31. The number of nitrogens with zero attached hydrogens (tertiary/aromatic N) is 3. The molecule has 0 bridgehead atoms. The van der Waals surface area contributed by atoms with Gasteiger partial charge in [-0.05, 0) is 100 Å². The Kier molecular flexibility index (Phi) is 8.22. The third kappa shape index (κ3) is 5.32. The lowest BCUT2D eigenvalue weighted by Gasteiger charge is -2.23. The van der Waals surface area contributed by atoms with E-state index in [0.717, 1.165) is 22.6 Å². The zero-order chi connectivity index (χ0) is 30.1. The maximum atomic E-state index is 14.0. The Morgan fingerprint density at radius 1 is 0.976 bits per heavy atom. The first-order chi connectivity index (χ1) is 20.2. The number of fused-ring (bicyclic) bond motifs is 1. The molecule has 0 fully saturated rings. The van der Waals surface area contributed by atoms with E-state index in [1.807, 2.05) is 32.1 Å². The highest BCUT2D eigenvalue weighted by molar-refractivity contribution is 7.07. The normalized spacial score (nSPS) is 14.7. The molecule has 218 valence electrons. The summed E-state index contributed by atoms with van der Waals surface area (Å²) in [7, 11) is 1.32. The van der Waals surface area contributed by atoms with Gasteiger partial charge < -0.3 is 18.8 Å². The molecule has 0 saturated heterocycles.